The first kappa shape index (κ1) is 19.7. The Balaban J connectivity index is 1.78. The monoisotopic (exact) mass is 393 g/mol. The molecule has 0 bridgehead atoms. The van der Waals surface area contributed by atoms with E-state index >= 15 is 0 Å². The van der Waals surface area contributed by atoms with Crippen molar-refractivity contribution < 1.29 is 22.9 Å². The molecule has 0 radical (unpaired) electrons. The number of hydrogen-bond donors (Lipinski definition) is 0. The SMILES string of the molecule is CC(=O)c1ccc(N2CCN(c3cccc(C(F)(F)F)c3)CC2)c([N+](=O)[O-])c1. The Morgan fingerprint density at radius 3 is 2.25 bits per heavy atom. The van der Waals surface area contributed by atoms with Gasteiger partial charge in [-0.25, -0.2) is 0 Å². The smallest absolute Gasteiger partial charge is 0.368 e. The van der Waals surface area contributed by atoms with Gasteiger partial charge in [0.25, 0.3) is 5.69 Å². The summed E-state index contributed by atoms with van der Waals surface area (Å²) in [6.07, 6.45) is -4.41. The van der Waals surface area contributed by atoms with Crippen molar-refractivity contribution in [2.45, 2.75) is 13.1 Å². The molecule has 1 saturated heterocycles. The van der Waals surface area contributed by atoms with Gasteiger partial charge in [-0.2, -0.15) is 13.2 Å². The molecule has 0 unspecified atom stereocenters. The minimum absolute atomic E-state index is 0.153. The van der Waals surface area contributed by atoms with Crippen LogP contribution in [0.2, 0.25) is 0 Å². The molecule has 0 aromatic heterocycles. The maximum absolute atomic E-state index is 12.9. The molecule has 1 fully saturated rings. The van der Waals surface area contributed by atoms with Gasteiger partial charge in [-0.05, 0) is 37.3 Å². The number of nitro groups is 1. The van der Waals surface area contributed by atoms with E-state index in [0.29, 0.717) is 37.6 Å². The van der Waals surface area contributed by atoms with Gasteiger partial charge in [-0.15, -0.1) is 0 Å². The third-order valence-corrected chi connectivity index (χ3v) is 4.74. The van der Waals surface area contributed by atoms with Crippen molar-refractivity contribution in [3.8, 4) is 0 Å². The molecule has 2 aromatic carbocycles. The fraction of sp³-hybridized carbons (Fsp3) is 0.316. The summed E-state index contributed by atoms with van der Waals surface area (Å²) < 4.78 is 38.7. The zero-order valence-electron chi connectivity index (χ0n) is 15.1. The van der Waals surface area contributed by atoms with Gasteiger partial charge in [0.15, 0.2) is 5.78 Å². The standard InChI is InChI=1S/C19H18F3N3O3/c1-13(26)14-5-6-17(18(11-14)25(27)28)24-9-7-23(8-10-24)16-4-2-3-15(12-16)19(20,21)22/h2-6,11-12H,7-10H2,1H3. The number of hydrogen-bond acceptors (Lipinski definition) is 5. The van der Waals surface area contributed by atoms with Gasteiger partial charge in [-0.3, -0.25) is 14.9 Å². The Bertz CT molecular complexity index is 907. The molecule has 28 heavy (non-hydrogen) atoms. The molecule has 3 rings (SSSR count). The molecule has 0 atom stereocenters. The quantitative estimate of drug-likeness (QED) is 0.444. The first-order chi connectivity index (χ1) is 13.2. The number of alkyl halides is 3. The van der Waals surface area contributed by atoms with Crippen molar-refractivity contribution >= 4 is 22.8 Å². The maximum atomic E-state index is 12.9. The Morgan fingerprint density at radius 1 is 1.04 bits per heavy atom. The van der Waals surface area contributed by atoms with Gasteiger partial charge in [0.05, 0.1) is 10.5 Å². The van der Waals surface area contributed by atoms with E-state index in [9.17, 15) is 28.1 Å². The van der Waals surface area contributed by atoms with Crippen LogP contribution in [0.25, 0.3) is 0 Å². The molecule has 0 N–H and O–H groups in total. The van der Waals surface area contributed by atoms with E-state index in [1.807, 2.05) is 9.80 Å². The number of carbonyl (C=O) groups is 1. The highest BCUT2D eigenvalue weighted by Crippen LogP contribution is 2.33. The lowest BCUT2D eigenvalue weighted by molar-refractivity contribution is -0.384. The van der Waals surface area contributed by atoms with E-state index in [4.69, 9.17) is 0 Å². The van der Waals surface area contributed by atoms with Gasteiger partial charge >= 0.3 is 6.18 Å². The van der Waals surface area contributed by atoms with Gasteiger partial charge < -0.3 is 9.80 Å². The lowest BCUT2D eigenvalue weighted by atomic mass is 10.1. The minimum atomic E-state index is -4.41. The molecule has 6 nitrogen and oxygen atoms in total. The average molecular weight is 393 g/mol. The van der Waals surface area contributed by atoms with Crippen LogP contribution in [0, 0.1) is 10.1 Å². The fourth-order valence-electron chi connectivity index (χ4n) is 3.24. The molecular weight excluding hydrogens is 375 g/mol. The van der Waals surface area contributed by atoms with Crippen LogP contribution in [0.3, 0.4) is 0 Å². The van der Waals surface area contributed by atoms with Crippen molar-refractivity contribution in [2.24, 2.45) is 0 Å². The summed E-state index contributed by atoms with van der Waals surface area (Å²) in [7, 11) is 0. The largest absolute Gasteiger partial charge is 0.416 e. The molecule has 0 amide bonds. The van der Waals surface area contributed by atoms with Crippen LogP contribution in [0.4, 0.5) is 30.2 Å². The van der Waals surface area contributed by atoms with Crippen molar-refractivity contribution in [2.75, 3.05) is 36.0 Å². The van der Waals surface area contributed by atoms with Crippen molar-refractivity contribution in [3.63, 3.8) is 0 Å². The zero-order valence-corrected chi connectivity index (χ0v) is 15.1. The number of nitrogens with zero attached hydrogens (tertiary/aromatic N) is 3. The number of carbonyl (C=O) groups excluding carboxylic acids is 1. The Labute approximate surface area is 159 Å². The zero-order chi connectivity index (χ0) is 20.5. The van der Waals surface area contributed by atoms with Crippen molar-refractivity contribution in [3.05, 3.63) is 63.7 Å². The molecule has 1 heterocycles. The van der Waals surface area contributed by atoms with Crippen LogP contribution in [0.5, 0.6) is 0 Å². The highest BCUT2D eigenvalue weighted by molar-refractivity contribution is 5.95. The van der Waals surface area contributed by atoms with Crippen molar-refractivity contribution in [1.29, 1.82) is 0 Å². The lowest BCUT2D eigenvalue weighted by Gasteiger charge is -2.37. The third kappa shape index (κ3) is 4.08. The second-order valence-corrected chi connectivity index (χ2v) is 6.54. The summed E-state index contributed by atoms with van der Waals surface area (Å²) in [5.74, 6) is -0.260. The van der Waals surface area contributed by atoms with Crippen LogP contribution in [-0.2, 0) is 6.18 Å². The summed E-state index contributed by atoms with van der Waals surface area (Å²) in [5, 5.41) is 11.4. The number of anilines is 2. The van der Waals surface area contributed by atoms with E-state index in [1.165, 1.54) is 19.1 Å². The number of rotatable bonds is 4. The number of benzene rings is 2. The summed E-state index contributed by atoms with van der Waals surface area (Å²) in [5.41, 5.74) is 0.274. The van der Waals surface area contributed by atoms with Gasteiger partial charge in [0, 0.05) is 43.5 Å². The molecule has 0 saturated carbocycles. The highest BCUT2D eigenvalue weighted by atomic mass is 19.4. The number of Topliss-reactive ketones (excluding diaryl/α,β-unsaturated/α-hetero) is 1. The summed E-state index contributed by atoms with van der Waals surface area (Å²) in [6, 6.07) is 9.49. The number of nitro benzene ring substituents is 1. The highest BCUT2D eigenvalue weighted by Gasteiger charge is 2.31. The van der Waals surface area contributed by atoms with Gasteiger partial charge in [0.2, 0.25) is 0 Å². The average Bonchev–Trinajstić information content (AvgIpc) is 2.67. The Kier molecular flexibility index (Phi) is 5.26. The summed E-state index contributed by atoms with van der Waals surface area (Å²) in [4.78, 5) is 26.0. The van der Waals surface area contributed by atoms with Gasteiger partial charge in [0.1, 0.15) is 5.69 Å². The van der Waals surface area contributed by atoms with E-state index in [0.717, 1.165) is 12.1 Å². The Hall–Kier alpha value is -3.10. The van der Waals surface area contributed by atoms with Crippen LogP contribution < -0.4 is 9.80 Å². The maximum Gasteiger partial charge on any atom is 0.416 e. The van der Waals surface area contributed by atoms with Crippen molar-refractivity contribution in [1.82, 2.24) is 0 Å². The van der Waals surface area contributed by atoms with Crippen LogP contribution in [0.1, 0.15) is 22.8 Å². The van der Waals surface area contributed by atoms with Crippen LogP contribution >= 0.6 is 0 Å². The third-order valence-electron chi connectivity index (χ3n) is 4.74. The molecular formula is C19H18F3N3O3. The first-order valence-electron chi connectivity index (χ1n) is 8.63. The van der Waals surface area contributed by atoms with E-state index in [1.54, 1.807) is 18.2 Å². The Morgan fingerprint density at radius 2 is 1.68 bits per heavy atom. The predicted molar refractivity (Wildman–Crippen MR) is 99.0 cm³/mol. The number of piperazine rings is 1. The second-order valence-electron chi connectivity index (χ2n) is 6.54. The number of halogens is 3. The van der Waals surface area contributed by atoms with E-state index in [-0.39, 0.29) is 17.0 Å². The van der Waals surface area contributed by atoms with E-state index < -0.39 is 16.7 Å². The van der Waals surface area contributed by atoms with Gasteiger partial charge in [-0.1, -0.05) is 6.07 Å². The molecule has 2 aromatic rings. The topological polar surface area (TPSA) is 66.7 Å². The van der Waals surface area contributed by atoms with E-state index in [2.05, 4.69) is 0 Å². The van der Waals surface area contributed by atoms with Crippen LogP contribution in [-0.4, -0.2) is 36.9 Å². The molecule has 148 valence electrons. The molecule has 0 spiro atoms. The molecule has 1 aliphatic rings. The lowest BCUT2D eigenvalue weighted by Crippen LogP contribution is -2.46. The first-order valence-corrected chi connectivity index (χ1v) is 8.63. The number of ketones is 1. The molecule has 0 aliphatic carbocycles. The van der Waals surface area contributed by atoms with Crippen LogP contribution in [0.15, 0.2) is 42.5 Å². The fourth-order valence-corrected chi connectivity index (χ4v) is 3.24. The summed E-state index contributed by atoms with van der Waals surface area (Å²) >= 11 is 0. The normalized spacial score (nSPS) is 14.9. The molecule has 9 heteroatoms. The minimum Gasteiger partial charge on any atom is -0.368 e. The molecule has 1 aliphatic heterocycles. The second kappa shape index (κ2) is 7.49. The predicted octanol–water partition coefficient (Wildman–Crippen LogP) is 4.14. The summed E-state index contributed by atoms with van der Waals surface area (Å²) in [6.45, 7) is 3.01.